The number of carbonyl (C=O) groups is 1. The molecule has 0 aliphatic carbocycles. The van der Waals surface area contributed by atoms with E-state index in [4.69, 9.17) is 0 Å². The molecule has 2 nitrogen and oxygen atoms in total. The standard InChI is InChI=1S/C7H12BrNO/c1-3-9(4-2)7(10)5-6-8/h5-6H,3-4H2,1-2H3/b6-5+. The first-order valence-electron chi connectivity index (χ1n) is 3.31. The van der Waals surface area contributed by atoms with Crippen LogP contribution in [-0.2, 0) is 4.79 Å². The van der Waals surface area contributed by atoms with Crippen LogP contribution in [0.15, 0.2) is 11.1 Å². The quantitative estimate of drug-likeness (QED) is 0.644. The number of hydrogen-bond donors (Lipinski definition) is 0. The van der Waals surface area contributed by atoms with Gasteiger partial charge in [0.05, 0.1) is 0 Å². The van der Waals surface area contributed by atoms with Crippen molar-refractivity contribution in [2.45, 2.75) is 13.8 Å². The average molecular weight is 206 g/mol. The predicted octanol–water partition coefficient (Wildman–Crippen LogP) is 1.76. The number of hydrogen-bond acceptors (Lipinski definition) is 1. The van der Waals surface area contributed by atoms with Gasteiger partial charge >= 0.3 is 0 Å². The van der Waals surface area contributed by atoms with Crippen LogP contribution in [0.25, 0.3) is 0 Å². The molecule has 0 heterocycles. The molecule has 1 amide bonds. The van der Waals surface area contributed by atoms with Crippen molar-refractivity contribution in [1.82, 2.24) is 4.90 Å². The van der Waals surface area contributed by atoms with E-state index < -0.39 is 0 Å². The molecule has 0 saturated heterocycles. The molecule has 0 saturated carbocycles. The molecule has 0 aromatic heterocycles. The minimum atomic E-state index is 0.0573. The van der Waals surface area contributed by atoms with Gasteiger partial charge in [-0.3, -0.25) is 4.79 Å². The van der Waals surface area contributed by atoms with Crippen molar-refractivity contribution in [3.05, 3.63) is 11.1 Å². The Morgan fingerprint density at radius 2 is 2.00 bits per heavy atom. The molecule has 0 aromatic rings. The molecule has 0 spiro atoms. The highest BCUT2D eigenvalue weighted by molar-refractivity contribution is 9.11. The van der Waals surface area contributed by atoms with E-state index >= 15 is 0 Å². The van der Waals surface area contributed by atoms with Crippen molar-refractivity contribution < 1.29 is 4.79 Å². The summed E-state index contributed by atoms with van der Waals surface area (Å²) in [5.41, 5.74) is 0. The van der Waals surface area contributed by atoms with Gasteiger partial charge in [0.15, 0.2) is 0 Å². The van der Waals surface area contributed by atoms with E-state index in [0.29, 0.717) is 0 Å². The summed E-state index contributed by atoms with van der Waals surface area (Å²) in [6, 6.07) is 0. The Labute approximate surface area is 70.0 Å². The molecule has 10 heavy (non-hydrogen) atoms. The van der Waals surface area contributed by atoms with Crippen LogP contribution in [0, 0.1) is 0 Å². The summed E-state index contributed by atoms with van der Waals surface area (Å²) in [5.74, 6) is 0.0573. The van der Waals surface area contributed by atoms with Crippen LogP contribution in [0.5, 0.6) is 0 Å². The maximum absolute atomic E-state index is 11.0. The zero-order valence-corrected chi connectivity index (χ0v) is 7.89. The van der Waals surface area contributed by atoms with Gasteiger partial charge in [-0.1, -0.05) is 15.9 Å². The third-order valence-electron chi connectivity index (χ3n) is 1.28. The van der Waals surface area contributed by atoms with Crippen LogP contribution in [0.4, 0.5) is 0 Å². The highest BCUT2D eigenvalue weighted by atomic mass is 79.9. The van der Waals surface area contributed by atoms with E-state index in [1.54, 1.807) is 9.89 Å². The Kier molecular flexibility index (Phi) is 5.30. The summed E-state index contributed by atoms with van der Waals surface area (Å²) in [6.45, 7) is 5.46. The molecule has 0 fully saturated rings. The van der Waals surface area contributed by atoms with Crippen molar-refractivity contribution >= 4 is 21.8 Å². The second kappa shape index (κ2) is 5.47. The molecule has 0 aliphatic rings. The number of rotatable bonds is 3. The molecule has 0 aliphatic heterocycles. The first kappa shape index (κ1) is 9.69. The summed E-state index contributed by atoms with van der Waals surface area (Å²) in [4.78, 5) is 14.3. The summed E-state index contributed by atoms with van der Waals surface area (Å²) in [6.07, 6.45) is 1.51. The normalized spacial score (nSPS) is 10.3. The van der Waals surface area contributed by atoms with Crippen molar-refractivity contribution in [2.24, 2.45) is 0 Å². The second-order valence-corrected chi connectivity index (χ2v) is 2.33. The zero-order chi connectivity index (χ0) is 7.98. The van der Waals surface area contributed by atoms with Crippen molar-refractivity contribution in [1.29, 1.82) is 0 Å². The van der Waals surface area contributed by atoms with Gasteiger partial charge in [0, 0.05) is 19.2 Å². The lowest BCUT2D eigenvalue weighted by Crippen LogP contribution is -2.28. The van der Waals surface area contributed by atoms with Crippen LogP contribution in [0.2, 0.25) is 0 Å². The predicted molar refractivity (Wildman–Crippen MR) is 46.0 cm³/mol. The third-order valence-corrected chi connectivity index (χ3v) is 1.55. The highest BCUT2D eigenvalue weighted by Gasteiger charge is 2.02. The van der Waals surface area contributed by atoms with Gasteiger partial charge < -0.3 is 4.90 Å². The monoisotopic (exact) mass is 205 g/mol. The van der Waals surface area contributed by atoms with E-state index in [2.05, 4.69) is 15.9 Å². The van der Waals surface area contributed by atoms with E-state index in [-0.39, 0.29) is 5.91 Å². The average Bonchev–Trinajstić information content (AvgIpc) is 1.91. The van der Waals surface area contributed by atoms with Crippen LogP contribution in [-0.4, -0.2) is 23.9 Å². The van der Waals surface area contributed by atoms with Gasteiger partial charge in [-0.15, -0.1) is 0 Å². The highest BCUT2D eigenvalue weighted by Crippen LogP contribution is 1.92. The Bertz CT molecular complexity index is 130. The first-order chi connectivity index (χ1) is 4.76. The molecule has 0 rings (SSSR count). The van der Waals surface area contributed by atoms with E-state index in [9.17, 15) is 4.79 Å². The summed E-state index contributed by atoms with van der Waals surface area (Å²) in [5, 5.41) is 0. The van der Waals surface area contributed by atoms with Gasteiger partial charge in [0.1, 0.15) is 0 Å². The first-order valence-corrected chi connectivity index (χ1v) is 4.23. The molecule has 0 bridgehead atoms. The van der Waals surface area contributed by atoms with Gasteiger partial charge in [-0.05, 0) is 18.8 Å². The summed E-state index contributed by atoms with van der Waals surface area (Å²) in [7, 11) is 0. The molecular weight excluding hydrogens is 194 g/mol. The summed E-state index contributed by atoms with van der Waals surface area (Å²) < 4.78 is 0. The number of carbonyl (C=O) groups excluding carboxylic acids is 1. The fourth-order valence-electron chi connectivity index (χ4n) is 0.695. The van der Waals surface area contributed by atoms with E-state index in [0.717, 1.165) is 13.1 Å². The van der Waals surface area contributed by atoms with Crippen LogP contribution >= 0.6 is 15.9 Å². The second-order valence-electron chi connectivity index (χ2n) is 1.80. The van der Waals surface area contributed by atoms with E-state index in [1.165, 1.54) is 6.08 Å². The van der Waals surface area contributed by atoms with Crippen LogP contribution in [0.3, 0.4) is 0 Å². The Morgan fingerprint density at radius 1 is 1.50 bits per heavy atom. The van der Waals surface area contributed by atoms with Crippen molar-refractivity contribution in [3.63, 3.8) is 0 Å². The molecule has 0 radical (unpaired) electrons. The minimum absolute atomic E-state index is 0.0573. The molecular formula is C7H12BrNO. The van der Waals surface area contributed by atoms with Crippen LogP contribution in [0.1, 0.15) is 13.8 Å². The molecule has 0 atom stereocenters. The molecule has 0 unspecified atom stereocenters. The van der Waals surface area contributed by atoms with Gasteiger partial charge in [0.25, 0.3) is 0 Å². The minimum Gasteiger partial charge on any atom is -0.340 e. The summed E-state index contributed by atoms with van der Waals surface area (Å²) >= 11 is 3.05. The lowest BCUT2D eigenvalue weighted by atomic mass is 10.4. The smallest absolute Gasteiger partial charge is 0.247 e. The molecule has 3 heteroatoms. The number of nitrogens with zero attached hydrogens (tertiary/aromatic N) is 1. The molecule has 0 aromatic carbocycles. The Hall–Kier alpha value is -0.310. The molecule has 0 N–H and O–H groups in total. The van der Waals surface area contributed by atoms with E-state index in [1.807, 2.05) is 13.8 Å². The largest absolute Gasteiger partial charge is 0.340 e. The van der Waals surface area contributed by atoms with Crippen LogP contribution < -0.4 is 0 Å². The number of halogens is 1. The van der Waals surface area contributed by atoms with Crippen molar-refractivity contribution in [3.8, 4) is 0 Å². The van der Waals surface area contributed by atoms with Gasteiger partial charge in [-0.2, -0.15) is 0 Å². The number of likely N-dealkylation sites (N-methyl/N-ethyl adjacent to an activating group) is 1. The van der Waals surface area contributed by atoms with Gasteiger partial charge in [0.2, 0.25) is 5.91 Å². The lowest BCUT2D eigenvalue weighted by molar-refractivity contribution is -0.125. The maximum Gasteiger partial charge on any atom is 0.247 e. The third kappa shape index (κ3) is 3.01. The Balaban J connectivity index is 3.89. The van der Waals surface area contributed by atoms with Gasteiger partial charge in [-0.25, -0.2) is 0 Å². The molecule has 58 valence electrons. The SMILES string of the molecule is CCN(CC)C(=O)/C=C/Br. The number of amides is 1. The Morgan fingerprint density at radius 3 is 2.30 bits per heavy atom. The van der Waals surface area contributed by atoms with Crippen molar-refractivity contribution in [2.75, 3.05) is 13.1 Å². The zero-order valence-electron chi connectivity index (χ0n) is 6.30. The topological polar surface area (TPSA) is 20.3 Å². The fraction of sp³-hybridized carbons (Fsp3) is 0.571. The lowest BCUT2D eigenvalue weighted by Gasteiger charge is -2.15. The fourth-order valence-corrected chi connectivity index (χ4v) is 0.921. The maximum atomic E-state index is 11.0.